The van der Waals surface area contributed by atoms with E-state index >= 15 is 0 Å². The molecule has 0 amide bonds. The van der Waals surface area contributed by atoms with Crippen LogP contribution in [0.3, 0.4) is 0 Å². The Kier molecular flexibility index (Phi) is 3.70. The first kappa shape index (κ1) is 13.5. The number of nitrogens with one attached hydrogen (secondary N) is 1. The van der Waals surface area contributed by atoms with Gasteiger partial charge in [-0.2, -0.15) is 0 Å². The molecule has 1 unspecified atom stereocenters. The van der Waals surface area contributed by atoms with Gasteiger partial charge in [0.2, 0.25) is 0 Å². The molecule has 1 aliphatic rings. The third-order valence-electron chi connectivity index (χ3n) is 3.67. The highest BCUT2D eigenvalue weighted by atomic mass is 79.9. The van der Waals surface area contributed by atoms with E-state index in [2.05, 4.69) is 71.5 Å². The van der Waals surface area contributed by atoms with Crippen molar-refractivity contribution in [2.24, 2.45) is 0 Å². The molecule has 0 aliphatic carbocycles. The third kappa shape index (κ3) is 2.83. The highest BCUT2D eigenvalue weighted by molar-refractivity contribution is 9.10. The van der Waals surface area contributed by atoms with Gasteiger partial charge in [0.05, 0.1) is 6.54 Å². The van der Waals surface area contributed by atoms with Crippen LogP contribution in [0.15, 0.2) is 40.9 Å². The highest BCUT2D eigenvalue weighted by Crippen LogP contribution is 2.30. The van der Waals surface area contributed by atoms with Crippen LogP contribution in [0, 0.1) is 13.8 Å². The van der Waals surface area contributed by atoms with Gasteiger partial charge < -0.3 is 10.1 Å². The van der Waals surface area contributed by atoms with Crippen molar-refractivity contribution in [3.63, 3.8) is 0 Å². The van der Waals surface area contributed by atoms with Crippen molar-refractivity contribution in [2.45, 2.75) is 26.4 Å². The van der Waals surface area contributed by atoms with Crippen LogP contribution in [0.1, 0.15) is 16.7 Å². The lowest BCUT2D eigenvalue weighted by Gasteiger charge is -2.14. The van der Waals surface area contributed by atoms with Crippen molar-refractivity contribution in [3.8, 4) is 5.75 Å². The van der Waals surface area contributed by atoms with E-state index < -0.39 is 0 Å². The predicted molar refractivity (Wildman–Crippen MR) is 86.7 cm³/mol. The second-order valence-electron chi connectivity index (χ2n) is 5.40. The van der Waals surface area contributed by atoms with E-state index in [4.69, 9.17) is 4.74 Å². The number of rotatable bonds is 3. The average Bonchev–Trinajstić information content (AvgIpc) is 2.79. The molecule has 1 atom stereocenters. The maximum Gasteiger partial charge on any atom is 0.123 e. The molecular weight excluding hydrogens is 314 g/mol. The SMILES string of the molecule is Cc1ccc2c(c1)CC(CNc1ccc(Br)cc1C)O2. The van der Waals surface area contributed by atoms with Gasteiger partial charge in [-0.25, -0.2) is 0 Å². The van der Waals surface area contributed by atoms with Crippen LogP contribution in [0.4, 0.5) is 5.69 Å². The Morgan fingerprint density at radius 3 is 2.85 bits per heavy atom. The zero-order valence-corrected chi connectivity index (χ0v) is 13.3. The largest absolute Gasteiger partial charge is 0.488 e. The summed E-state index contributed by atoms with van der Waals surface area (Å²) in [5.41, 5.74) is 5.03. The van der Waals surface area contributed by atoms with Gasteiger partial charge in [0.25, 0.3) is 0 Å². The fourth-order valence-electron chi connectivity index (χ4n) is 2.61. The topological polar surface area (TPSA) is 21.3 Å². The fraction of sp³-hybridized carbons (Fsp3) is 0.294. The van der Waals surface area contributed by atoms with Crippen molar-refractivity contribution in [1.29, 1.82) is 0 Å². The van der Waals surface area contributed by atoms with E-state index in [9.17, 15) is 0 Å². The van der Waals surface area contributed by atoms with Gasteiger partial charge in [0.15, 0.2) is 0 Å². The van der Waals surface area contributed by atoms with Gasteiger partial charge in [-0.15, -0.1) is 0 Å². The molecule has 1 aliphatic heterocycles. The van der Waals surface area contributed by atoms with E-state index in [1.165, 1.54) is 22.4 Å². The Labute approximate surface area is 128 Å². The molecule has 104 valence electrons. The molecule has 2 aromatic carbocycles. The summed E-state index contributed by atoms with van der Waals surface area (Å²) >= 11 is 3.49. The molecule has 0 bridgehead atoms. The molecule has 20 heavy (non-hydrogen) atoms. The zero-order chi connectivity index (χ0) is 14.1. The first-order valence-corrected chi connectivity index (χ1v) is 7.67. The number of anilines is 1. The molecule has 0 radical (unpaired) electrons. The number of ether oxygens (including phenoxy) is 1. The summed E-state index contributed by atoms with van der Waals surface area (Å²) in [5.74, 6) is 1.04. The number of fused-ring (bicyclic) bond motifs is 1. The van der Waals surface area contributed by atoms with Crippen LogP contribution >= 0.6 is 15.9 Å². The van der Waals surface area contributed by atoms with Crippen LogP contribution in [-0.2, 0) is 6.42 Å². The minimum absolute atomic E-state index is 0.217. The molecule has 2 aromatic rings. The second-order valence-corrected chi connectivity index (χ2v) is 6.31. The molecule has 0 spiro atoms. The number of hydrogen-bond acceptors (Lipinski definition) is 2. The molecule has 0 aromatic heterocycles. The van der Waals surface area contributed by atoms with Crippen molar-refractivity contribution in [3.05, 3.63) is 57.6 Å². The van der Waals surface area contributed by atoms with E-state index in [1.54, 1.807) is 0 Å². The third-order valence-corrected chi connectivity index (χ3v) is 4.16. The minimum Gasteiger partial charge on any atom is -0.488 e. The van der Waals surface area contributed by atoms with E-state index in [0.717, 1.165) is 23.2 Å². The minimum atomic E-state index is 0.217. The number of benzene rings is 2. The first-order chi connectivity index (χ1) is 9.61. The standard InChI is InChI=1S/C17H18BrNO/c1-11-3-6-17-13(7-11)9-15(20-17)10-19-16-5-4-14(18)8-12(16)2/h3-8,15,19H,9-10H2,1-2H3. The summed E-state index contributed by atoms with van der Waals surface area (Å²) in [6.07, 6.45) is 1.20. The Morgan fingerprint density at radius 1 is 1.20 bits per heavy atom. The summed E-state index contributed by atoms with van der Waals surface area (Å²) in [6, 6.07) is 12.7. The van der Waals surface area contributed by atoms with Crippen LogP contribution in [0.2, 0.25) is 0 Å². The summed E-state index contributed by atoms with van der Waals surface area (Å²) in [7, 11) is 0. The van der Waals surface area contributed by atoms with Crippen LogP contribution < -0.4 is 10.1 Å². The van der Waals surface area contributed by atoms with Crippen molar-refractivity contribution in [1.82, 2.24) is 0 Å². The Hall–Kier alpha value is -1.48. The monoisotopic (exact) mass is 331 g/mol. The lowest BCUT2D eigenvalue weighted by molar-refractivity contribution is 0.246. The average molecular weight is 332 g/mol. The first-order valence-electron chi connectivity index (χ1n) is 6.88. The summed E-state index contributed by atoms with van der Waals surface area (Å²) in [6.45, 7) is 5.06. The summed E-state index contributed by atoms with van der Waals surface area (Å²) < 4.78 is 7.09. The molecular formula is C17H18BrNO. The molecule has 1 N–H and O–H groups in total. The Bertz CT molecular complexity index is 639. The fourth-order valence-corrected chi connectivity index (χ4v) is 3.09. The van der Waals surface area contributed by atoms with Crippen LogP contribution in [0.5, 0.6) is 5.75 Å². The lowest BCUT2D eigenvalue weighted by Crippen LogP contribution is -2.24. The van der Waals surface area contributed by atoms with E-state index in [1.807, 2.05) is 0 Å². The van der Waals surface area contributed by atoms with Gasteiger partial charge >= 0.3 is 0 Å². The number of hydrogen-bond donors (Lipinski definition) is 1. The summed E-state index contributed by atoms with van der Waals surface area (Å²) in [5, 5.41) is 3.49. The van der Waals surface area contributed by atoms with Crippen LogP contribution in [0.25, 0.3) is 0 Å². The molecule has 3 rings (SSSR count). The lowest BCUT2D eigenvalue weighted by atomic mass is 10.1. The molecule has 0 saturated carbocycles. The highest BCUT2D eigenvalue weighted by Gasteiger charge is 2.22. The van der Waals surface area contributed by atoms with Crippen molar-refractivity contribution in [2.75, 3.05) is 11.9 Å². The second kappa shape index (κ2) is 5.49. The van der Waals surface area contributed by atoms with Crippen molar-refractivity contribution < 1.29 is 4.74 Å². The smallest absolute Gasteiger partial charge is 0.123 e. The quantitative estimate of drug-likeness (QED) is 0.895. The molecule has 0 saturated heterocycles. The number of halogens is 1. The number of aryl methyl sites for hydroxylation is 2. The molecule has 1 heterocycles. The van der Waals surface area contributed by atoms with Gasteiger partial charge in [0.1, 0.15) is 11.9 Å². The normalized spacial score (nSPS) is 16.6. The van der Waals surface area contributed by atoms with Gasteiger partial charge in [0, 0.05) is 16.6 Å². The van der Waals surface area contributed by atoms with Crippen LogP contribution in [-0.4, -0.2) is 12.6 Å². The van der Waals surface area contributed by atoms with E-state index in [-0.39, 0.29) is 6.10 Å². The Balaban J connectivity index is 1.63. The zero-order valence-electron chi connectivity index (χ0n) is 11.7. The van der Waals surface area contributed by atoms with Crippen molar-refractivity contribution >= 4 is 21.6 Å². The van der Waals surface area contributed by atoms with Gasteiger partial charge in [-0.1, -0.05) is 33.6 Å². The van der Waals surface area contributed by atoms with Gasteiger partial charge in [-0.05, 0) is 49.2 Å². The maximum atomic E-state index is 5.98. The Morgan fingerprint density at radius 2 is 2.05 bits per heavy atom. The maximum absolute atomic E-state index is 5.98. The molecule has 3 heteroatoms. The van der Waals surface area contributed by atoms with Gasteiger partial charge in [-0.3, -0.25) is 0 Å². The van der Waals surface area contributed by atoms with E-state index in [0.29, 0.717) is 0 Å². The predicted octanol–water partition coefficient (Wildman–Crippen LogP) is 4.48. The molecule has 2 nitrogen and oxygen atoms in total. The molecule has 0 fully saturated rings. The summed E-state index contributed by atoms with van der Waals surface area (Å²) in [4.78, 5) is 0.